The van der Waals surface area contributed by atoms with E-state index in [-0.39, 0.29) is 6.54 Å². The molecule has 2 heterocycles. The second-order valence-electron chi connectivity index (χ2n) is 10.1. The Hall–Kier alpha value is -3.23. The lowest BCUT2D eigenvalue weighted by Gasteiger charge is -2.45. The second kappa shape index (κ2) is 9.09. The molecule has 35 heavy (non-hydrogen) atoms. The number of rotatable bonds is 2. The molecule has 2 aromatic carbocycles. The zero-order valence-electron chi connectivity index (χ0n) is 20.3. The van der Waals surface area contributed by atoms with E-state index in [9.17, 15) is 14.0 Å². The van der Waals surface area contributed by atoms with E-state index in [4.69, 9.17) is 4.74 Å². The van der Waals surface area contributed by atoms with E-state index in [0.717, 1.165) is 0 Å². The van der Waals surface area contributed by atoms with Crippen molar-refractivity contribution in [2.24, 2.45) is 0 Å². The van der Waals surface area contributed by atoms with Gasteiger partial charge >= 0.3 is 18.2 Å². The number of likely N-dealkylation sites (N-methyl/N-ethyl adjacent to an activating group) is 1. The van der Waals surface area contributed by atoms with Crippen LogP contribution in [0, 0.1) is 5.82 Å². The van der Waals surface area contributed by atoms with Crippen molar-refractivity contribution in [3.05, 3.63) is 71.0 Å². The minimum atomic E-state index is -3.47. The minimum absolute atomic E-state index is 0.189. The van der Waals surface area contributed by atoms with Crippen molar-refractivity contribution in [2.75, 3.05) is 20.1 Å². The van der Waals surface area contributed by atoms with Gasteiger partial charge in [0.25, 0.3) is 0 Å². The van der Waals surface area contributed by atoms with Crippen LogP contribution in [0.3, 0.4) is 0 Å². The van der Waals surface area contributed by atoms with Crippen molar-refractivity contribution in [1.29, 1.82) is 0 Å². The summed E-state index contributed by atoms with van der Waals surface area (Å²) < 4.78 is 50.2. The smallest absolute Gasteiger partial charge is 0.410 e. The van der Waals surface area contributed by atoms with Gasteiger partial charge in [-0.3, -0.25) is 4.90 Å². The molecule has 0 N–H and O–H groups in total. The van der Waals surface area contributed by atoms with E-state index in [1.54, 1.807) is 45.0 Å². The lowest BCUT2D eigenvalue weighted by molar-refractivity contribution is -0.143. The first-order valence-corrected chi connectivity index (χ1v) is 11.6. The lowest BCUT2D eigenvalue weighted by atomic mass is 9.87. The largest absolute Gasteiger partial charge is 0.444 e. The topological polar surface area (TPSA) is 53.1 Å². The fourth-order valence-corrected chi connectivity index (χ4v) is 4.70. The summed E-state index contributed by atoms with van der Waals surface area (Å²) in [6.07, 6.45) is -0.671. The number of benzene rings is 2. The zero-order chi connectivity index (χ0) is 25.5. The molecule has 0 saturated carbocycles. The van der Waals surface area contributed by atoms with Gasteiger partial charge in [0.05, 0.1) is 18.5 Å². The number of halogens is 3. The first-order valence-electron chi connectivity index (χ1n) is 11.6. The average molecular weight is 490 g/mol. The quantitative estimate of drug-likeness (QED) is 0.529. The maximum atomic E-state index is 15.6. The Morgan fingerprint density at radius 1 is 1.09 bits per heavy atom. The maximum Gasteiger partial charge on any atom is 0.410 e. The molecular weight excluding hydrogens is 459 g/mol. The first kappa shape index (κ1) is 24.9. The van der Waals surface area contributed by atoms with Gasteiger partial charge < -0.3 is 14.5 Å². The molecule has 1 unspecified atom stereocenters. The molecule has 2 aliphatic heterocycles. The van der Waals surface area contributed by atoms with Gasteiger partial charge in [-0.1, -0.05) is 36.4 Å². The SMILES string of the molecule is CN(C(=O)N1[C@@H](c2ccc(F)cc2)c2ccccc2CC1(F)F)C1CCN(C(=O)OC(C)(C)C)C1. The Labute approximate surface area is 203 Å². The Morgan fingerprint density at radius 2 is 1.74 bits per heavy atom. The highest BCUT2D eigenvalue weighted by Gasteiger charge is 2.52. The third-order valence-electron chi connectivity index (χ3n) is 6.42. The number of amides is 3. The van der Waals surface area contributed by atoms with Crippen LogP contribution in [0.15, 0.2) is 48.5 Å². The van der Waals surface area contributed by atoms with E-state index >= 15 is 8.78 Å². The molecule has 1 saturated heterocycles. The number of carbonyl (C=O) groups excluding carboxylic acids is 2. The van der Waals surface area contributed by atoms with Crippen LogP contribution in [0.5, 0.6) is 0 Å². The Kier molecular flexibility index (Phi) is 6.46. The summed E-state index contributed by atoms with van der Waals surface area (Å²) in [6, 6.07) is 6.17. The molecule has 0 radical (unpaired) electrons. The fourth-order valence-electron chi connectivity index (χ4n) is 4.70. The van der Waals surface area contributed by atoms with Crippen molar-refractivity contribution in [2.45, 2.75) is 57.3 Å². The molecule has 0 spiro atoms. The van der Waals surface area contributed by atoms with Crippen LogP contribution < -0.4 is 0 Å². The standard InChI is InChI=1S/C26H30F3N3O3/c1-25(2,3)35-24(34)31-14-13-20(16-31)30(4)23(33)32-22(17-9-11-19(27)12-10-17)21-8-6-5-7-18(21)15-26(32,28)29/h5-12,20,22H,13-16H2,1-4H3/t20?,22-/m0/s1. The van der Waals surface area contributed by atoms with Gasteiger partial charge in [0.15, 0.2) is 0 Å². The van der Waals surface area contributed by atoms with Crippen LogP contribution in [-0.4, -0.2) is 64.7 Å². The fraction of sp³-hybridized carbons (Fsp3) is 0.462. The molecule has 3 amide bonds. The molecule has 2 atom stereocenters. The Balaban J connectivity index is 1.63. The van der Waals surface area contributed by atoms with Crippen LogP contribution in [0.25, 0.3) is 0 Å². The summed E-state index contributed by atoms with van der Waals surface area (Å²) in [5.74, 6) is -0.493. The van der Waals surface area contributed by atoms with Gasteiger partial charge in [0, 0.05) is 20.1 Å². The molecule has 6 nitrogen and oxygen atoms in total. The van der Waals surface area contributed by atoms with Crippen molar-refractivity contribution in [1.82, 2.24) is 14.7 Å². The normalized spacial score (nSPS) is 21.5. The van der Waals surface area contributed by atoms with Crippen molar-refractivity contribution < 1.29 is 27.5 Å². The van der Waals surface area contributed by atoms with Gasteiger partial charge in [-0.15, -0.1) is 0 Å². The number of hydrogen-bond donors (Lipinski definition) is 0. The molecule has 9 heteroatoms. The van der Waals surface area contributed by atoms with Gasteiger partial charge in [0.1, 0.15) is 11.4 Å². The second-order valence-corrected chi connectivity index (χ2v) is 10.1. The summed E-state index contributed by atoms with van der Waals surface area (Å²) in [6.45, 7) is 5.84. The first-order chi connectivity index (χ1) is 16.4. The molecule has 4 rings (SSSR count). The molecule has 1 fully saturated rings. The minimum Gasteiger partial charge on any atom is -0.444 e. The predicted octanol–water partition coefficient (Wildman–Crippen LogP) is 5.43. The van der Waals surface area contributed by atoms with Crippen molar-refractivity contribution in [3.63, 3.8) is 0 Å². The highest BCUT2D eigenvalue weighted by atomic mass is 19.3. The van der Waals surface area contributed by atoms with Crippen LogP contribution in [-0.2, 0) is 11.2 Å². The van der Waals surface area contributed by atoms with Crippen molar-refractivity contribution >= 4 is 12.1 Å². The molecular formula is C26H30F3N3O3. The number of urea groups is 1. The highest BCUT2D eigenvalue weighted by Crippen LogP contribution is 2.44. The summed E-state index contributed by atoms with van der Waals surface area (Å²) in [7, 11) is 1.48. The molecule has 188 valence electrons. The molecule has 0 bridgehead atoms. The number of carbonyl (C=O) groups is 2. The number of likely N-dealkylation sites (tertiary alicyclic amines) is 1. The summed E-state index contributed by atoms with van der Waals surface area (Å²) in [5, 5.41) is 0. The summed E-state index contributed by atoms with van der Waals surface area (Å²) >= 11 is 0. The van der Waals surface area contributed by atoms with Gasteiger partial charge in [-0.05, 0) is 56.0 Å². The molecule has 2 aromatic rings. The monoisotopic (exact) mass is 489 g/mol. The molecule has 0 aliphatic carbocycles. The Bertz CT molecular complexity index is 1100. The zero-order valence-corrected chi connectivity index (χ0v) is 20.3. The van der Waals surface area contributed by atoms with E-state index < -0.39 is 48.1 Å². The van der Waals surface area contributed by atoms with Gasteiger partial charge in [-0.2, -0.15) is 8.78 Å². The van der Waals surface area contributed by atoms with E-state index in [1.807, 2.05) is 0 Å². The van der Waals surface area contributed by atoms with Crippen LogP contribution >= 0.6 is 0 Å². The number of alkyl halides is 2. The third kappa shape index (κ3) is 5.09. The lowest BCUT2D eigenvalue weighted by Crippen LogP contribution is -2.58. The van der Waals surface area contributed by atoms with Crippen LogP contribution in [0.1, 0.15) is 49.9 Å². The summed E-state index contributed by atoms with van der Waals surface area (Å²) in [4.78, 5) is 29.4. The van der Waals surface area contributed by atoms with E-state index in [1.165, 1.54) is 41.1 Å². The van der Waals surface area contributed by atoms with E-state index in [0.29, 0.717) is 34.6 Å². The molecule has 2 aliphatic rings. The van der Waals surface area contributed by atoms with Crippen molar-refractivity contribution in [3.8, 4) is 0 Å². The number of fused-ring (bicyclic) bond motifs is 1. The number of hydrogen-bond acceptors (Lipinski definition) is 3. The number of nitrogens with zero attached hydrogens (tertiary/aromatic N) is 3. The van der Waals surface area contributed by atoms with Crippen LogP contribution in [0.2, 0.25) is 0 Å². The predicted molar refractivity (Wildman–Crippen MR) is 125 cm³/mol. The van der Waals surface area contributed by atoms with Gasteiger partial charge in [0.2, 0.25) is 0 Å². The highest BCUT2D eigenvalue weighted by molar-refractivity contribution is 5.77. The number of ether oxygens (including phenoxy) is 1. The van der Waals surface area contributed by atoms with Gasteiger partial charge in [-0.25, -0.2) is 14.0 Å². The average Bonchev–Trinajstić information content (AvgIpc) is 3.27. The van der Waals surface area contributed by atoms with Crippen LogP contribution in [0.4, 0.5) is 22.8 Å². The maximum absolute atomic E-state index is 15.6. The Morgan fingerprint density at radius 3 is 2.40 bits per heavy atom. The third-order valence-corrected chi connectivity index (χ3v) is 6.42. The summed E-state index contributed by atoms with van der Waals surface area (Å²) in [5.41, 5.74) is 0.744. The molecule has 0 aromatic heterocycles. The van der Waals surface area contributed by atoms with E-state index in [2.05, 4.69) is 0 Å².